The molecule has 1 rings (SSSR count). The molecular weight excluding hydrogens is 234 g/mol. The summed E-state index contributed by atoms with van der Waals surface area (Å²) < 4.78 is 0. The number of nitro groups is 1. The smallest absolute Gasteiger partial charge is 0.272 e. The highest BCUT2D eigenvalue weighted by Gasteiger charge is 2.10. The minimum absolute atomic E-state index is 0.0597. The van der Waals surface area contributed by atoms with E-state index in [9.17, 15) is 14.9 Å². The van der Waals surface area contributed by atoms with Gasteiger partial charge in [0, 0.05) is 31.6 Å². The molecular formula is C12H17N3O3. The van der Waals surface area contributed by atoms with Crippen LogP contribution in [0, 0.1) is 10.1 Å². The molecule has 2 N–H and O–H groups in total. The number of benzene rings is 1. The fraction of sp³-hybridized carbons (Fsp3) is 0.417. The molecule has 0 saturated carbocycles. The van der Waals surface area contributed by atoms with Gasteiger partial charge in [-0.15, -0.1) is 0 Å². The number of rotatable bonds is 7. The molecule has 0 aliphatic heterocycles. The Morgan fingerprint density at radius 2 is 2.00 bits per heavy atom. The normalized spacial score (nSPS) is 10.1. The van der Waals surface area contributed by atoms with E-state index >= 15 is 0 Å². The fourth-order valence-electron chi connectivity index (χ4n) is 1.58. The van der Waals surface area contributed by atoms with Crippen molar-refractivity contribution in [2.75, 3.05) is 19.6 Å². The summed E-state index contributed by atoms with van der Waals surface area (Å²) in [5, 5.41) is 16.6. The molecule has 0 aromatic heterocycles. The molecule has 0 unspecified atom stereocenters. The highest BCUT2D eigenvalue weighted by molar-refractivity contribution is 5.72. The molecule has 0 atom stereocenters. The van der Waals surface area contributed by atoms with Gasteiger partial charge in [-0.25, -0.2) is 0 Å². The van der Waals surface area contributed by atoms with Gasteiger partial charge in [0.15, 0.2) is 0 Å². The summed E-state index contributed by atoms with van der Waals surface area (Å²) in [5.74, 6) is -0.0597. The summed E-state index contributed by atoms with van der Waals surface area (Å²) in [6, 6.07) is 6.71. The molecule has 0 saturated heterocycles. The first kappa shape index (κ1) is 14.1. The number of carbonyl (C=O) groups is 1. The average molecular weight is 251 g/mol. The zero-order valence-corrected chi connectivity index (χ0v) is 10.3. The highest BCUT2D eigenvalue weighted by Crippen LogP contribution is 2.17. The Labute approximate surface area is 106 Å². The topological polar surface area (TPSA) is 84.3 Å². The van der Waals surface area contributed by atoms with E-state index < -0.39 is 0 Å². The molecule has 98 valence electrons. The van der Waals surface area contributed by atoms with Crippen LogP contribution in [0.4, 0.5) is 5.69 Å². The molecule has 18 heavy (non-hydrogen) atoms. The largest absolute Gasteiger partial charge is 0.355 e. The van der Waals surface area contributed by atoms with Crippen LogP contribution < -0.4 is 10.6 Å². The van der Waals surface area contributed by atoms with E-state index in [0.29, 0.717) is 26.1 Å². The van der Waals surface area contributed by atoms with Crippen molar-refractivity contribution in [1.29, 1.82) is 0 Å². The van der Waals surface area contributed by atoms with E-state index in [1.54, 1.807) is 18.2 Å². The Morgan fingerprint density at radius 1 is 1.28 bits per heavy atom. The minimum atomic E-state index is -0.368. The molecule has 0 bridgehead atoms. The summed E-state index contributed by atoms with van der Waals surface area (Å²) in [6.45, 7) is 3.32. The predicted octanol–water partition coefficient (Wildman–Crippen LogP) is 0.863. The summed E-state index contributed by atoms with van der Waals surface area (Å²) >= 11 is 0. The molecule has 0 spiro atoms. The summed E-state index contributed by atoms with van der Waals surface area (Å²) in [5.41, 5.74) is 0.871. The van der Waals surface area contributed by atoms with Gasteiger partial charge in [0.25, 0.3) is 5.69 Å². The van der Waals surface area contributed by atoms with E-state index in [2.05, 4.69) is 10.6 Å². The number of hydrogen-bond donors (Lipinski definition) is 2. The quantitative estimate of drug-likeness (QED) is 0.427. The van der Waals surface area contributed by atoms with Gasteiger partial charge in [-0.05, 0) is 13.0 Å². The second-order valence-corrected chi connectivity index (χ2v) is 3.87. The Balaban J connectivity index is 2.31. The SMILES string of the molecule is CC(=O)NCCNCCc1ccccc1[N+](=O)[O-]. The minimum Gasteiger partial charge on any atom is -0.355 e. The first-order chi connectivity index (χ1) is 8.61. The number of nitro benzene ring substituents is 1. The highest BCUT2D eigenvalue weighted by atomic mass is 16.6. The molecule has 0 fully saturated rings. The second-order valence-electron chi connectivity index (χ2n) is 3.87. The molecule has 1 aromatic carbocycles. The maximum Gasteiger partial charge on any atom is 0.272 e. The van der Waals surface area contributed by atoms with E-state index in [4.69, 9.17) is 0 Å². The zero-order chi connectivity index (χ0) is 13.4. The average Bonchev–Trinajstić information content (AvgIpc) is 2.33. The van der Waals surface area contributed by atoms with Gasteiger partial charge in [0.1, 0.15) is 0 Å². The van der Waals surface area contributed by atoms with Gasteiger partial charge in [-0.2, -0.15) is 0 Å². The Bertz CT molecular complexity index is 421. The van der Waals surface area contributed by atoms with E-state index in [1.165, 1.54) is 13.0 Å². The Morgan fingerprint density at radius 3 is 2.67 bits per heavy atom. The summed E-state index contributed by atoms with van der Waals surface area (Å²) in [7, 11) is 0. The van der Waals surface area contributed by atoms with E-state index in [0.717, 1.165) is 5.56 Å². The van der Waals surface area contributed by atoms with E-state index in [1.807, 2.05) is 0 Å². The number of nitrogens with one attached hydrogen (secondary N) is 2. The van der Waals surface area contributed by atoms with Crippen molar-refractivity contribution in [3.63, 3.8) is 0 Å². The molecule has 1 amide bonds. The Kier molecular flexibility index (Phi) is 5.79. The van der Waals surface area contributed by atoms with Crippen LogP contribution in [0.25, 0.3) is 0 Å². The number of hydrogen-bond acceptors (Lipinski definition) is 4. The standard InChI is InChI=1S/C12H17N3O3/c1-10(16)14-9-8-13-7-6-11-4-2-3-5-12(11)15(17)18/h2-5,13H,6-9H2,1H3,(H,14,16). The summed E-state index contributed by atoms with van der Waals surface area (Å²) in [6.07, 6.45) is 0.594. The van der Waals surface area contributed by atoms with Crippen molar-refractivity contribution < 1.29 is 9.72 Å². The molecule has 6 nitrogen and oxygen atoms in total. The van der Waals surface area contributed by atoms with Crippen LogP contribution in [0.1, 0.15) is 12.5 Å². The third-order valence-electron chi connectivity index (χ3n) is 2.44. The third-order valence-corrected chi connectivity index (χ3v) is 2.44. The fourth-order valence-corrected chi connectivity index (χ4v) is 1.58. The van der Waals surface area contributed by atoms with Crippen LogP contribution in [0.3, 0.4) is 0 Å². The van der Waals surface area contributed by atoms with Crippen LogP contribution >= 0.6 is 0 Å². The lowest BCUT2D eigenvalue weighted by Crippen LogP contribution is -2.31. The van der Waals surface area contributed by atoms with Gasteiger partial charge in [-0.3, -0.25) is 14.9 Å². The van der Waals surface area contributed by atoms with Crippen LogP contribution in [0.5, 0.6) is 0 Å². The van der Waals surface area contributed by atoms with Crippen LogP contribution in [-0.4, -0.2) is 30.5 Å². The zero-order valence-electron chi connectivity index (χ0n) is 10.3. The second kappa shape index (κ2) is 7.39. The van der Waals surface area contributed by atoms with Gasteiger partial charge in [0.05, 0.1) is 4.92 Å². The maximum absolute atomic E-state index is 10.8. The van der Waals surface area contributed by atoms with Crippen LogP contribution in [0.15, 0.2) is 24.3 Å². The summed E-state index contributed by atoms with van der Waals surface area (Å²) in [4.78, 5) is 21.0. The number of carbonyl (C=O) groups excluding carboxylic acids is 1. The van der Waals surface area contributed by atoms with Crippen molar-refractivity contribution >= 4 is 11.6 Å². The van der Waals surface area contributed by atoms with E-state index in [-0.39, 0.29) is 16.5 Å². The van der Waals surface area contributed by atoms with Crippen molar-refractivity contribution in [2.45, 2.75) is 13.3 Å². The van der Waals surface area contributed by atoms with Gasteiger partial charge in [-0.1, -0.05) is 18.2 Å². The first-order valence-corrected chi connectivity index (χ1v) is 5.78. The molecule has 6 heteroatoms. The van der Waals surface area contributed by atoms with Crippen molar-refractivity contribution in [3.8, 4) is 0 Å². The number of para-hydroxylation sites is 1. The lowest BCUT2D eigenvalue weighted by molar-refractivity contribution is -0.385. The van der Waals surface area contributed by atoms with Crippen LogP contribution in [-0.2, 0) is 11.2 Å². The monoisotopic (exact) mass is 251 g/mol. The number of amides is 1. The first-order valence-electron chi connectivity index (χ1n) is 5.78. The lowest BCUT2D eigenvalue weighted by Gasteiger charge is -2.05. The third kappa shape index (κ3) is 4.92. The van der Waals surface area contributed by atoms with Crippen molar-refractivity contribution in [2.24, 2.45) is 0 Å². The molecule has 0 aliphatic carbocycles. The molecule has 1 aromatic rings. The molecule has 0 aliphatic rings. The Hall–Kier alpha value is -1.95. The predicted molar refractivity (Wildman–Crippen MR) is 68.4 cm³/mol. The molecule has 0 radical (unpaired) electrons. The van der Waals surface area contributed by atoms with Crippen molar-refractivity contribution in [1.82, 2.24) is 10.6 Å². The van der Waals surface area contributed by atoms with Crippen molar-refractivity contribution in [3.05, 3.63) is 39.9 Å². The molecule has 0 heterocycles. The maximum atomic E-state index is 10.8. The van der Waals surface area contributed by atoms with Gasteiger partial charge in [0.2, 0.25) is 5.91 Å². The van der Waals surface area contributed by atoms with Gasteiger partial charge < -0.3 is 10.6 Å². The van der Waals surface area contributed by atoms with Crippen LogP contribution in [0.2, 0.25) is 0 Å². The lowest BCUT2D eigenvalue weighted by atomic mass is 10.1. The van der Waals surface area contributed by atoms with Gasteiger partial charge >= 0.3 is 0 Å². The number of nitrogens with zero attached hydrogens (tertiary/aromatic N) is 1.